The molecule has 0 spiro atoms. The number of carboxylic acids is 1. The van der Waals surface area contributed by atoms with Crippen molar-refractivity contribution >= 4 is 11.9 Å². The standard InChI is InChI=1S/C13H21N5O3/c1-2-9-5-3-4-6-17(9)11(19)8-18-10(7-14)12(13(20)21)15-16-18/h9H,2-8,14H2,1H3,(H,20,21). The largest absolute Gasteiger partial charge is 0.476 e. The Bertz CT molecular complexity index is 528. The Morgan fingerprint density at radius 2 is 2.19 bits per heavy atom. The van der Waals surface area contributed by atoms with Crippen LogP contribution in [0.25, 0.3) is 0 Å². The first kappa shape index (κ1) is 15.4. The van der Waals surface area contributed by atoms with Gasteiger partial charge in [0.05, 0.1) is 5.69 Å². The number of carbonyl (C=O) groups excluding carboxylic acids is 1. The number of carbonyl (C=O) groups is 2. The number of hydrogen-bond donors (Lipinski definition) is 2. The molecular weight excluding hydrogens is 274 g/mol. The Hall–Kier alpha value is -1.96. The lowest BCUT2D eigenvalue weighted by molar-refractivity contribution is -0.135. The molecule has 21 heavy (non-hydrogen) atoms. The van der Waals surface area contributed by atoms with Gasteiger partial charge in [0.2, 0.25) is 5.91 Å². The van der Waals surface area contributed by atoms with Crippen LogP contribution in [-0.4, -0.2) is 49.5 Å². The van der Waals surface area contributed by atoms with Crippen molar-refractivity contribution in [2.24, 2.45) is 5.73 Å². The zero-order valence-corrected chi connectivity index (χ0v) is 12.2. The lowest BCUT2D eigenvalue weighted by Crippen LogP contribution is -2.45. The second-order valence-electron chi connectivity index (χ2n) is 5.20. The van der Waals surface area contributed by atoms with Gasteiger partial charge >= 0.3 is 5.97 Å². The normalized spacial score (nSPS) is 18.8. The number of rotatable bonds is 5. The maximum atomic E-state index is 12.4. The molecule has 1 aromatic heterocycles. The van der Waals surface area contributed by atoms with Crippen LogP contribution in [0.15, 0.2) is 0 Å². The molecular formula is C13H21N5O3. The van der Waals surface area contributed by atoms with Crippen LogP contribution in [0.2, 0.25) is 0 Å². The predicted molar refractivity (Wildman–Crippen MR) is 74.5 cm³/mol. The van der Waals surface area contributed by atoms with Gasteiger partial charge < -0.3 is 15.7 Å². The highest BCUT2D eigenvalue weighted by molar-refractivity contribution is 5.86. The fourth-order valence-electron chi connectivity index (χ4n) is 2.80. The van der Waals surface area contributed by atoms with Crippen molar-refractivity contribution in [3.8, 4) is 0 Å². The van der Waals surface area contributed by atoms with E-state index in [9.17, 15) is 9.59 Å². The molecule has 2 heterocycles. The average Bonchev–Trinajstić information content (AvgIpc) is 2.89. The molecule has 8 nitrogen and oxygen atoms in total. The highest BCUT2D eigenvalue weighted by Crippen LogP contribution is 2.20. The predicted octanol–water partition coefficient (Wildman–Crippen LogP) is 0.226. The highest BCUT2D eigenvalue weighted by Gasteiger charge is 2.27. The third kappa shape index (κ3) is 3.21. The average molecular weight is 295 g/mol. The summed E-state index contributed by atoms with van der Waals surface area (Å²) >= 11 is 0. The number of aromatic carboxylic acids is 1. The first-order chi connectivity index (χ1) is 10.1. The smallest absolute Gasteiger partial charge is 0.358 e. The summed E-state index contributed by atoms with van der Waals surface area (Å²) in [7, 11) is 0. The fourth-order valence-corrected chi connectivity index (χ4v) is 2.80. The molecule has 1 amide bonds. The molecule has 2 rings (SSSR count). The topological polar surface area (TPSA) is 114 Å². The molecule has 8 heteroatoms. The van der Waals surface area contributed by atoms with Crippen LogP contribution >= 0.6 is 0 Å². The number of likely N-dealkylation sites (tertiary alicyclic amines) is 1. The lowest BCUT2D eigenvalue weighted by atomic mass is 10.00. The maximum absolute atomic E-state index is 12.4. The molecule has 0 bridgehead atoms. The summed E-state index contributed by atoms with van der Waals surface area (Å²) in [5.41, 5.74) is 5.65. The lowest BCUT2D eigenvalue weighted by Gasteiger charge is -2.35. The molecule has 1 aliphatic heterocycles. The van der Waals surface area contributed by atoms with Crippen molar-refractivity contribution in [2.75, 3.05) is 6.54 Å². The second-order valence-corrected chi connectivity index (χ2v) is 5.20. The summed E-state index contributed by atoms with van der Waals surface area (Å²) in [6.45, 7) is 2.79. The van der Waals surface area contributed by atoms with E-state index in [2.05, 4.69) is 17.2 Å². The SMILES string of the molecule is CCC1CCCCN1C(=O)Cn1nnc(C(=O)O)c1CN. The van der Waals surface area contributed by atoms with Gasteiger partial charge in [0, 0.05) is 19.1 Å². The zero-order valence-electron chi connectivity index (χ0n) is 12.2. The number of nitrogens with zero attached hydrogens (tertiary/aromatic N) is 4. The Balaban J connectivity index is 2.14. The molecule has 1 fully saturated rings. The zero-order chi connectivity index (χ0) is 15.4. The van der Waals surface area contributed by atoms with Crippen LogP contribution in [0.3, 0.4) is 0 Å². The first-order valence-electron chi connectivity index (χ1n) is 7.23. The molecule has 0 aliphatic carbocycles. The number of nitrogens with two attached hydrogens (primary N) is 1. The Kier molecular flexibility index (Phi) is 4.89. The Morgan fingerprint density at radius 1 is 1.43 bits per heavy atom. The summed E-state index contributed by atoms with van der Waals surface area (Å²) in [6.07, 6.45) is 4.09. The van der Waals surface area contributed by atoms with Crippen molar-refractivity contribution in [1.82, 2.24) is 19.9 Å². The molecule has 0 saturated carbocycles. The summed E-state index contributed by atoms with van der Waals surface area (Å²) in [6, 6.07) is 0.259. The van der Waals surface area contributed by atoms with Crippen molar-refractivity contribution in [3.63, 3.8) is 0 Å². The third-order valence-corrected chi connectivity index (χ3v) is 3.94. The van der Waals surface area contributed by atoms with Gasteiger partial charge in [0.15, 0.2) is 5.69 Å². The minimum atomic E-state index is -1.18. The highest BCUT2D eigenvalue weighted by atomic mass is 16.4. The van der Waals surface area contributed by atoms with E-state index in [-0.39, 0.29) is 36.4 Å². The van der Waals surface area contributed by atoms with E-state index < -0.39 is 5.97 Å². The quantitative estimate of drug-likeness (QED) is 0.803. The molecule has 1 aromatic rings. The van der Waals surface area contributed by atoms with E-state index in [4.69, 9.17) is 10.8 Å². The van der Waals surface area contributed by atoms with Gasteiger partial charge in [-0.05, 0) is 25.7 Å². The van der Waals surface area contributed by atoms with Crippen LogP contribution in [0.1, 0.15) is 48.8 Å². The van der Waals surface area contributed by atoms with Crippen molar-refractivity contribution in [3.05, 3.63) is 11.4 Å². The van der Waals surface area contributed by atoms with Crippen LogP contribution in [0, 0.1) is 0 Å². The number of amides is 1. The molecule has 1 atom stereocenters. The first-order valence-corrected chi connectivity index (χ1v) is 7.23. The van der Waals surface area contributed by atoms with Crippen LogP contribution in [0.4, 0.5) is 0 Å². The molecule has 1 unspecified atom stereocenters. The van der Waals surface area contributed by atoms with Gasteiger partial charge in [-0.25, -0.2) is 9.48 Å². The van der Waals surface area contributed by atoms with Crippen LogP contribution in [-0.2, 0) is 17.9 Å². The van der Waals surface area contributed by atoms with Gasteiger partial charge in [0.25, 0.3) is 0 Å². The fraction of sp³-hybridized carbons (Fsp3) is 0.692. The van der Waals surface area contributed by atoms with E-state index in [1.54, 1.807) is 0 Å². The molecule has 1 aliphatic rings. The van der Waals surface area contributed by atoms with E-state index in [0.717, 1.165) is 32.2 Å². The summed E-state index contributed by atoms with van der Waals surface area (Å²) in [5, 5.41) is 16.3. The van der Waals surface area contributed by atoms with E-state index in [1.807, 2.05) is 4.90 Å². The number of aromatic nitrogens is 3. The van der Waals surface area contributed by atoms with Crippen molar-refractivity contribution in [1.29, 1.82) is 0 Å². The number of hydrogen-bond acceptors (Lipinski definition) is 5. The molecule has 1 saturated heterocycles. The second kappa shape index (κ2) is 6.66. The Morgan fingerprint density at radius 3 is 2.81 bits per heavy atom. The monoisotopic (exact) mass is 295 g/mol. The maximum Gasteiger partial charge on any atom is 0.358 e. The van der Waals surface area contributed by atoms with Gasteiger partial charge in [-0.3, -0.25) is 4.79 Å². The molecule has 0 radical (unpaired) electrons. The van der Waals surface area contributed by atoms with Crippen molar-refractivity contribution in [2.45, 2.75) is 51.7 Å². The van der Waals surface area contributed by atoms with Crippen LogP contribution in [0.5, 0.6) is 0 Å². The molecule has 116 valence electrons. The van der Waals surface area contributed by atoms with Gasteiger partial charge in [-0.15, -0.1) is 5.10 Å². The summed E-state index contributed by atoms with van der Waals surface area (Å²) in [5.74, 6) is -1.24. The third-order valence-electron chi connectivity index (χ3n) is 3.94. The molecule has 3 N–H and O–H groups in total. The van der Waals surface area contributed by atoms with Crippen molar-refractivity contribution < 1.29 is 14.7 Å². The van der Waals surface area contributed by atoms with Gasteiger partial charge in [-0.2, -0.15) is 0 Å². The molecule has 0 aromatic carbocycles. The minimum Gasteiger partial charge on any atom is -0.476 e. The van der Waals surface area contributed by atoms with Gasteiger partial charge in [0.1, 0.15) is 6.54 Å². The van der Waals surface area contributed by atoms with Gasteiger partial charge in [-0.1, -0.05) is 12.1 Å². The Labute approximate surface area is 122 Å². The summed E-state index contributed by atoms with van der Waals surface area (Å²) < 4.78 is 1.30. The van der Waals surface area contributed by atoms with E-state index in [0.29, 0.717) is 0 Å². The van der Waals surface area contributed by atoms with E-state index >= 15 is 0 Å². The van der Waals surface area contributed by atoms with E-state index in [1.165, 1.54) is 4.68 Å². The van der Waals surface area contributed by atoms with Crippen LogP contribution < -0.4 is 5.73 Å². The minimum absolute atomic E-state index is 0.0106. The summed E-state index contributed by atoms with van der Waals surface area (Å²) in [4.78, 5) is 25.3. The number of piperidine rings is 1. The number of carboxylic acid groups (broad SMARTS) is 1.